The van der Waals surface area contributed by atoms with E-state index in [1.807, 2.05) is 37.4 Å². The van der Waals surface area contributed by atoms with Crippen molar-refractivity contribution in [2.75, 3.05) is 5.32 Å². The number of hydrogen-bond donors (Lipinski definition) is 1. The molecule has 0 fully saturated rings. The van der Waals surface area contributed by atoms with E-state index in [1.165, 1.54) is 0 Å². The number of ether oxygens (including phenoxy) is 1. The van der Waals surface area contributed by atoms with E-state index in [-0.39, 0.29) is 0 Å². The highest BCUT2D eigenvalue weighted by atomic mass is 16.5. The summed E-state index contributed by atoms with van der Waals surface area (Å²) in [5.74, 6) is 4.23. The molecule has 3 aromatic heterocycles. The molecule has 5 rings (SSSR count). The highest BCUT2D eigenvalue weighted by molar-refractivity contribution is 6.09. The molecular weight excluding hydrogens is 364 g/mol. The minimum absolute atomic E-state index is 0.439. The molecule has 1 aliphatic heterocycles. The normalized spacial score (nSPS) is 12.3. The Balaban J connectivity index is 1.43. The highest BCUT2D eigenvalue weighted by Gasteiger charge is 2.18. The third-order valence-electron chi connectivity index (χ3n) is 4.71. The van der Waals surface area contributed by atoms with Crippen LogP contribution in [-0.4, -0.2) is 25.6 Å². The van der Waals surface area contributed by atoms with Crippen molar-refractivity contribution in [2.24, 2.45) is 12.0 Å². The van der Waals surface area contributed by atoms with E-state index in [2.05, 4.69) is 31.3 Å². The van der Waals surface area contributed by atoms with Gasteiger partial charge in [0.2, 0.25) is 11.8 Å². The van der Waals surface area contributed by atoms with Gasteiger partial charge in [-0.15, -0.1) is 11.5 Å². The van der Waals surface area contributed by atoms with Gasteiger partial charge < -0.3 is 10.1 Å². The summed E-state index contributed by atoms with van der Waals surface area (Å²) >= 11 is 0. The molecule has 0 atom stereocenters. The highest BCUT2D eigenvalue weighted by Crippen LogP contribution is 2.30. The number of pyridine rings is 2. The quantitative estimate of drug-likeness (QED) is 0.551. The average molecular weight is 380 g/mol. The van der Waals surface area contributed by atoms with Crippen molar-refractivity contribution in [1.29, 1.82) is 0 Å². The lowest BCUT2D eigenvalue weighted by molar-refractivity contribution is 0.441. The van der Waals surface area contributed by atoms with Crippen LogP contribution in [0.25, 0.3) is 10.9 Å². The fraction of sp³-hybridized carbons (Fsp3) is 0.0909. The zero-order valence-electron chi connectivity index (χ0n) is 15.6. The van der Waals surface area contributed by atoms with E-state index in [4.69, 9.17) is 11.2 Å². The Bertz CT molecular complexity index is 1300. The predicted octanol–water partition coefficient (Wildman–Crippen LogP) is 3.51. The number of nitrogens with one attached hydrogen (secondary N) is 1. The van der Waals surface area contributed by atoms with Crippen molar-refractivity contribution in [2.45, 2.75) is 6.54 Å². The van der Waals surface area contributed by atoms with Crippen LogP contribution >= 0.6 is 0 Å². The van der Waals surface area contributed by atoms with Crippen LogP contribution in [0.2, 0.25) is 0 Å². The molecule has 7 nitrogen and oxygen atoms in total. The molecule has 0 bridgehead atoms. The Hall–Kier alpha value is -4.18. The van der Waals surface area contributed by atoms with E-state index in [9.17, 15) is 0 Å². The van der Waals surface area contributed by atoms with Crippen LogP contribution in [0, 0.1) is 12.3 Å². The van der Waals surface area contributed by atoms with E-state index < -0.39 is 0 Å². The Morgan fingerprint density at radius 1 is 1.17 bits per heavy atom. The van der Waals surface area contributed by atoms with Gasteiger partial charge in [-0.2, -0.15) is 0 Å². The number of benzene rings is 1. The minimum Gasteiger partial charge on any atom is -0.418 e. The van der Waals surface area contributed by atoms with Crippen molar-refractivity contribution in [3.05, 3.63) is 71.7 Å². The lowest BCUT2D eigenvalue weighted by atomic mass is 10.2. The Morgan fingerprint density at radius 2 is 2.10 bits per heavy atom. The second kappa shape index (κ2) is 6.77. The number of terminal acetylenes is 1. The van der Waals surface area contributed by atoms with Gasteiger partial charge >= 0.3 is 0 Å². The summed E-state index contributed by atoms with van der Waals surface area (Å²) in [5, 5.41) is 8.72. The van der Waals surface area contributed by atoms with Crippen molar-refractivity contribution in [3.8, 4) is 24.1 Å². The van der Waals surface area contributed by atoms with Gasteiger partial charge in [-0.25, -0.2) is 4.98 Å². The second-order valence-corrected chi connectivity index (χ2v) is 6.59. The number of rotatable bonds is 3. The molecule has 0 radical (unpaired) electrons. The Labute approximate surface area is 167 Å². The summed E-state index contributed by atoms with van der Waals surface area (Å²) in [7, 11) is 1.87. The smallest absolute Gasteiger partial charge is 0.247 e. The van der Waals surface area contributed by atoms with Gasteiger partial charge in [0.05, 0.1) is 17.4 Å². The van der Waals surface area contributed by atoms with Crippen LogP contribution in [-0.2, 0) is 13.6 Å². The van der Waals surface area contributed by atoms with Gasteiger partial charge in [-0.3, -0.25) is 14.7 Å². The van der Waals surface area contributed by atoms with Crippen molar-refractivity contribution in [1.82, 2.24) is 19.7 Å². The van der Waals surface area contributed by atoms with Crippen LogP contribution in [0.4, 0.5) is 5.69 Å². The van der Waals surface area contributed by atoms with Crippen LogP contribution in [0.3, 0.4) is 0 Å². The molecular formula is C22H16N6O. The third kappa shape index (κ3) is 3.07. The van der Waals surface area contributed by atoms with Crippen LogP contribution in [0.1, 0.15) is 16.8 Å². The van der Waals surface area contributed by atoms with Crippen LogP contribution in [0.5, 0.6) is 11.8 Å². The summed E-state index contributed by atoms with van der Waals surface area (Å²) in [6, 6.07) is 13.4. The van der Waals surface area contributed by atoms with E-state index in [1.54, 1.807) is 29.2 Å². The number of nitrogens with zero attached hydrogens (tertiary/aromatic N) is 5. The summed E-state index contributed by atoms with van der Waals surface area (Å²) < 4.78 is 7.64. The second-order valence-electron chi connectivity index (χ2n) is 6.59. The number of anilines is 1. The lowest BCUT2D eigenvalue weighted by Gasteiger charge is -2.07. The Kier molecular flexibility index (Phi) is 3.96. The minimum atomic E-state index is 0.439. The first kappa shape index (κ1) is 17.0. The van der Waals surface area contributed by atoms with Crippen LogP contribution in [0.15, 0.2) is 59.9 Å². The molecule has 1 aliphatic rings. The van der Waals surface area contributed by atoms with E-state index in [0.29, 0.717) is 23.9 Å². The lowest BCUT2D eigenvalue weighted by Crippen LogP contribution is -2.13. The molecule has 4 aromatic rings. The SMILES string of the molecule is C#Cc1ccc(Oc2nn(C)c3cc(NC4=NCc5cccnc54)ccc23)nc1. The number of fused-ring (bicyclic) bond motifs is 2. The fourth-order valence-electron chi connectivity index (χ4n) is 3.26. The Morgan fingerprint density at radius 3 is 2.93 bits per heavy atom. The van der Waals surface area contributed by atoms with Crippen LogP contribution < -0.4 is 10.1 Å². The molecule has 140 valence electrons. The van der Waals surface area contributed by atoms with Crippen molar-refractivity contribution < 1.29 is 4.74 Å². The molecule has 4 heterocycles. The third-order valence-corrected chi connectivity index (χ3v) is 4.71. The van der Waals surface area contributed by atoms with Gasteiger partial charge in [0, 0.05) is 42.3 Å². The number of aliphatic imine (C=N–C) groups is 1. The van der Waals surface area contributed by atoms with Gasteiger partial charge in [-0.1, -0.05) is 12.0 Å². The molecule has 0 saturated heterocycles. The maximum Gasteiger partial charge on any atom is 0.247 e. The predicted molar refractivity (Wildman–Crippen MR) is 111 cm³/mol. The maximum atomic E-state index is 5.87. The van der Waals surface area contributed by atoms with Gasteiger partial charge in [0.25, 0.3) is 0 Å². The molecule has 1 aromatic carbocycles. The monoisotopic (exact) mass is 380 g/mol. The molecule has 0 spiro atoms. The largest absolute Gasteiger partial charge is 0.418 e. The van der Waals surface area contributed by atoms with Gasteiger partial charge in [0.1, 0.15) is 5.69 Å². The number of hydrogen-bond acceptors (Lipinski definition) is 6. The topological polar surface area (TPSA) is 77.2 Å². The van der Waals surface area contributed by atoms with E-state index in [0.717, 1.165) is 33.7 Å². The molecule has 0 saturated carbocycles. The van der Waals surface area contributed by atoms with Gasteiger partial charge in [-0.05, 0) is 30.3 Å². The number of amidine groups is 1. The number of aryl methyl sites for hydroxylation is 1. The first-order valence-corrected chi connectivity index (χ1v) is 9.04. The summed E-state index contributed by atoms with van der Waals surface area (Å²) in [5.41, 5.74) is 4.54. The molecule has 0 aliphatic carbocycles. The molecule has 0 unspecified atom stereocenters. The number of aromatic nitrogens is 4. The zero-order chi connectivity index (χ0) is 19.8. The van der Waals surface area contributed by atoms with Gasteiger partial charge in [0.15, 0.2) is 5.84 Å². The average Bonchev–Trinajstić information content (AvgIpc) is 3.30. The first-order chi connectivity index (χ1) is 14.2. The summed E-state index contributed by atoms with van der Waals surface area (Å²) in [6.07, 6.45) is 8.74. The molecule has 7 heteroatoms. The maximum absolute atomic E-state index is 5.87. The standard InChI is InChI=1S/C22H16N6O/c1-3-14-6-9-19(24-12-14)29-22-17-8-7-16(11-18(17)28(2)27-22)26-21-20-15(13-25-21)5-4-10-23-20/h1,4-12H,13H2,2H3,(H,25,26). The van der Waals surface area contributed by atoms with Crippen molar-refractivity contribution in [3.63, 3.8) is 0 Å². The molecule has 1 N–H and O–H groups in total. The summed E-state index contributed by atoms with van der Waals surface area (Å²) in [4.78, 5) is 13.2. The fourth-order valence-corrected chi connectivity index (χ4v) is 3.26. The zero-order valence-corrected chi connectivity index (χ0v) is 15.6. The van der Waals surface area contributed by atoms with Crippen molar-refractivity contribution >= 4 is 22.4 Å². The molecule has 29 heavy (non-hydrogen) atoms. The summed E-state index contributed by atoms with van der Waals surface area (Å²) in [6.45, 7) is 0.642. The van der Waals surface area contributed by atoms with E-state index >= 15 is 0 Å². The first-order valence-electron chi connectivity index (χ1n) is 9.04. The molecule has 0 amide bonds.